The Morgan fingerprint density at radius 2 is 2.00 bits per heavy atom. The van der Waals surface area contributed by atoms with Crippen LogP contribution >= 0.6 is 22.3 Å². The van der Waals surface area contributed by atoms with Crippen LogP contribution in [-0.4, -0.2) is 36.6 Å². The normalized spacial score (nSPS) is 14.5. The van der Waals surface area contributed by atoms with E-state index in [2.05, 4.69) is 5.32 Å². The van der Waals surface area contributed by atoms with Crippen molar-refractivity contribution in [1.29, 1.82) is 0 Å². The minimum atomic E-state index is -3.98. The number of rotatable bonds is 5. The zero-order chi connectivity index (χ0) is 16.4. The molecule has 0 spiro atoms. The molecule has 0 aliphatic heterocycles. The van der Waals surface area contributed by atoms with Gasteiger partial charge in [-0.25, -0.2) is 8.42 Å². The lowest BCUT2D eigenvalue weighted by molar-refractivity contribution is 0.0953. The summed E-state index contributed by atoms with van der Waals surface area (Å²) in [5.41, 5.74) is 0.569. The Hall–Kier alpha value is -0.630. The zero-order valence-corrected chi connectivity index (χ0v) is 14.8. The molecule has 1 aromatic carbocycles. The van der Waals surface area contributed by atoms with Gasteiger partial charge < -0.3 is 5.32 Å². The second-order valence-corrected chi connectivity index (χ2v) is 9.31. The highest BCUT2D eigenvalue weighted by atomic mass is 35.7. The zero-order valence-electron chi connectivity index (χ0n) is 11.6. The molecule has 0 aliphatic carbocycles. The number of carbonyl (C=O) groups is 1. The summed E-state index contributed by atoms with van der Waals surface area (Å²) < 4.78 is 34.0. The molecule has 21 heavy (non-hydrogen) atoms. The van der Waals surface area contributed by atoms with Crippen LogP contribution in [0.3, 0.4) is 0 Å². The number of amides is 1. The van der Waals surface area contributed by atoms with Gasteiger partial charge in [0.1, 0.15) is 0 Å². The Labute approximate surface area is 135 Å². The van der Waals surface area contributed by atoms with Crippen molar-refractivity contribution in [3.63, 3.8) is 0 Å². The Balaban J connectivity index is 3.09. The summed E-state index contributed by atoms with van der Waals surface area (Å²) in [5.74, 6) is -0.492. The second-order valence-electron chi connectivity index (χ2n) is 4.53. The summed E-state index contributed by atoms with van der Waals surface area (Å²) in [5, 5.41) is 2.51. The maximum Gasteiger partial charge on any atom is 0.261 e. The van der Waals surface area contributed by atoms with Crippen LogP contribution in [0.4, 0.5) is 0 Å². The lowest BCUT2D eigenvalue weighted by atomic mass is 10.1. The monoisotopic (exact) mass is 371 g/mol. The predicted octanol–water partition coefficient (Wildman–Crippen LogP) is 2.07. The molecule has 5 nitrogen and oxygen atoms in total. The molecule has 1 amide bonds. The van der Waals surface area contributed by atoms with Gasteiger partial charge in [-0.1, -0.05) is 11.6 Å². The van der Waals surface area contributed by atoms with E-state index in [1.165, 1.54) is 12.1 Å². The topological polar surface area (TPSA) is 80.3 Å². The van der Waals surface area contributed by atoms with Crippen molar-refractivity contribution in [2.24, 2.45) is 0 Å². The van der Waals surface area contributed by atoms with E-state index in [4.69, 9.17) is 22.3 Å². The van der Waals surface area contributed by atoms with Gasteiger partial charge in [0.15, 0.2) is 0 Å². The molecule has 0 saturated heterocycles. The fourth-order valence-corrected chi connectivity index (χ4v) is 2.87. The third-order valence-corrected chi connectivity index (χ3v) is 5.99. The maximum absolute atomic E-state index is 12.1. The molecule has 1 N–H and O–H groups in total. The van der Waals surface area contributed by atoms with Gasteiger partial charge in [0.2, 0.25) is 0 Å². The van der Waals surface area contributed by atoms with Crippen LogP contribution in [-0.2, 0) is 19.9 Å². The molecule has 0 fully saturated rings. The van der Waals surface area contributed by atoms with E-state index in [1.54, 1.807) is 20.1 Å². The van der Waals surface area contributed by atoms with E-state index in [0.29, 0.717) is 5.56 Å². The Morgan fingerprint density at radius 3 is 2.48 bits per heavy atom. The molecular weight excluding hydrogens is 357 g/mol. The molecule has 0 bridgehead atoms. The minimum Gasteiger partial charge on any atom is -0.351 e. The summed E-state index contributed by atoms with van der Waals surface area (Å²) in [6.45, 7) is 3.54. The lowest BCUT2D eigenvalue weighted by Crippen LogP contribution is -2.33. The number of benzene rings is 1. The van der Waals surface area contributed by atoms with Gasteiger partial charge in [-0.3, -0.25) is 9.00 Å². The molecule has 1 rings (SSSR count). The van der Waals surface area contributed by atoms with Crippen molar-refractivity contribution < 1.29 is 17.4 Å². The molecule has 2 atom stereocenters. The van der Waals surface area contributed by atoms with Crippen LogP contribution in [0.5, 0.6) is 0 Å². The van der Waals surface area contributed by atoms with Crippen molar-refractivity contribution in [1.82, 2.24) is 5.32 Å². The van der Waals surface area contributed by atoms with E-state index < -0.39 is 25.8 Å². The van der Waals surface area contributed by atoms with Crippen LogP contribution < -0.4 is 5.32 Å². The number of carbonyl (C=O) groups excluding carboxylic acids is 1. The molecule has 0 aromatic heterocycles. The van der Waals surface area contributed by atoms with Crippen LogP contribution in [0.2, 0.25) is 5.02 Å². The predicted molar refractivity (Wildman–Crippen MR) is 85.1 cm³/mol. The van der Waals surface area contributed by atoms with E-state index in [9.17, 15) is 17.4 Å². The summed E-state index contributed by atoms with van der Waals surface area (Å²) in [6.07, 6.45) is 1.54. The van der Waals surface area contributed by atoms with Crippen molar-refractivity contribution >= 4 is 48.0 Å². The highest BCUT2D eigenvalue weighted by Gasteiger charge is 2.19. The van der Waals surface area contributed by atoms with Crippen molar-refractivity contribution in [3.05, 3.63) is 28.3 Å². The maximum atomic E-state index is 12.1. The average molecular weight is 372 g/mol. The first-order chi connectivity index (χ1) is 9.54. The molecular formula is C12H15Cl2NO4S2. The smallest absolute Gasteiger partial charge is 0.261 e. The van der Waals surface area contributed by atoms with E-state index in [-0.39, 0.29) is 27.3 Å². The van der Waals surface area contributed by atoms with Crippen LogP contribution in [0.1, 0.15) is 22.8 Å². The molecule has 118 valence electrons. The third-order valence-electron chi connectivity index (χ3n) is 2.96. The number of nitrogens with one attached hydrogen (secondary N) is 1. The van der Waals surface area contributed by atoms with Gasteiger partial charge in [0, 0.05) is 50.1 Å². The average Bonchev–Trinajstić information content (AvgIpc) is 2.37. The number of halogens is 2. The van der Waals surface area contributed by atoms with Gasteiger partial charge in [-0.2, -0.15) is 0 Å². The largest absolute Gasteiger partial charge is 0.351 e. The molecule has 1 aromatic rings. The third kappa shape index (κ3) is 4.95. The molecule has 2 unspecified atom stereocenters. The molecule has 0 radical (unpaired) electrons. The summed E-state index contributed by atoms with van der Waals surface area (Å²) in [7, 11) is 0.217. The van der Waals surface area contributed by atoms with Crippen molar-refractivity contribution in [2.75, 3.05) is 12.8 Å². The van der Waals surface area contributed by atoms with Gasteiger partial charge in [-0.05, 0) is 31.5 Å². The second kappa shape index (κ2) is 7.09. The van der Waals surface area contributed by atoms with Crippen LogP contribution in [0.25, 0.3) is 0 Å². The first kappa shape index (κ1) is 18.4. The van der Waals surface area contributed by atoms with Crippen molar-refractivity contribution in [3.8, 4) is 0 Å². The molecule has 0 aliphatic rings. The Morgan fingerprint density at radius 1 is 1.43 bits per heavy atom. The quantitative estimate of drug-likeness (QED) is 0.803. The SMILES string of the molecule is Cc1c(Cl)cc(S(=O)(=O)Cl)cc1C(=O)NCC(C)S(C)=O. The van der Waals surface area contributed by atoms with E-state index in [1.807, 2.05) is 0 Å². The van der Waals surface area contributed by atoms with E-state index >= 15 is 0 Å². The number of hydrogen-bond acceptors (Lipinski definition) is 4. The molecule has 9 heteroatoms. The Bertz CT molecular complexity index is 689. The van der Waals surface area contributed by atoms with Gasteiger partial charge >= 0.3 is 0 Å². The fraction of sp³-hybridized carbons (Fsp3) is 0.417. The fourth-order valence-electron chi connectivity index (χ4n) is 1.48. The highest BCUT2D eigenvalue weighted by molar-refractivity contribution is 8.13. The van der Waals surface area contributed by atoms with Crippen LogP contribution in [0.15, 0.2) is 17.0 Å². The van der Waals surface area contributed by atoms with Gasteiger partial charge in [0.25, 0.3) is 15.0 Å². The Kier molecular flexibility index (Phi) is 6.22. The first-order valence-electron chi connectivity index (χ1n) is 5.89. The van der Waals surface area contributed by atoms with Gasteiger partial charge in [-0.15, -0.1) is 0 Å². The van der Waals surface area contributed by atoms with E-state index in [0.717, 1.165) is 0 Å². The highest BCUT2D eigenvalue weighted by Crippen LogP contribution is 2.26. The van der Waals surface area contributed by atoms with Crippen LogP contribution in [0, 0.1) is 6.92 Å². The minimum absolute atomic E-state index is 0.121. The summed E-state index contributed by atoms with van der Waals surface area (Å²) >= 11 is 5.93. The summed E-state index contributed by atoms with van der Waals surface area (Å²) in [6, 6.07) is 2.37. The number of hydrogen-bond donors (Lipinski definition) is 1. The standard InChI is InChI=1S/C12H15Cl2NO4S2/c1-7(20(3)17)6-15-12(16)10-4-9(21(14,18)19)5-11(13)8(10)2/h4-5,7H,6H2,1-3H3,(H,15,16). The lowest BCUT2D eigenvalue weighted by Gasteiger charge is -2.13. The molecule has 0 heterocycles. The summed E-state index contributed by atoms with van der Waals surface area (Å²) in [4.78, 5) is 11.9. The van der Waals surface area contributed by atoms with Crippen molar-refractivity contribution in [2.45, 2.75) is 24.0 Å². The van der Waals surface area contributed by atoms with Gasteiger partial charge in [0.05, 0.1) is 4.90 Å². The first-order valence-corrected chi connectivity index (χ1v) is 10.2. The molecule has 0 saturated carbocycles.